The number of halogens is 1. The quantitative estimate of drug-likeness (QED) is 0.147. The number of nitrogen functional groups attached to an aromatic ring is 2. The van der Waals surface area contributed by atoms with Gasteiger partial charge in [-0.05, 0) is 43.1 Å². The fraction of sp³-hybridized carbons (Fsp3) is 0.459. The highest BCUT2D eigenvalue weighted by Gasteiger charge is 2.33. The Bertz CT molecular complexity index is 1920. The number of hydrogen-bond donors (Lipinski definition) is 2. The van der Waals surface area contributed by atoms with Gasteiger partial charge < -0.3 is 30.7 Å². The molecule has 3 aliphatic heterocycles. The standard InChI is InChI=1S/C21H29N7O2.C16H18ClN5O2/c1-3-4-11-30-21-24-19(22)16-12-18(29)28(20(16)25-21)14-15-5-6-17(23-13-15)27-9-7-26(2)8-10-27;1-2-3-6-24-16-20-14(18)11-7-13(23)22(15(11)21-16)9-10-4-5-12(17)19-8-10/h5-6,13H,3-4,7-12,14H2,1-2H3,(H2,22,24,25);4-5,8H,2-3,6-7,9H2,1H3,(H2,18,20,21). The van der Waals surface area contributed by atoms with E-state index in [1.807, 2.05) is 24.4 Å². The van der Waals surface area contributed by atoms with Gasteiger partial charge >= 0.3 is 12.0 Å². The van der Waals surface area contributed by atoms with Crippen LogP contribution in [0.1, 0.15) is 61.8 Å². The highest BCUT2D eigenvalue weighted by molar-refractivity contribution is 6.29. The van der Waals surface area contributed by atoms with Crippen molar-refractivity contribution in [2.45, 2.75) is 65.5 Å². The summed E-state index contributed by atoms with van der Waals surface area (Å²) in [5, 5.41) is 0.407. The molecule has 7 heterocycles. The van der Waals surface area contributed by atoms with E-state index in [0.29, 0.717) is 60.0 Å². The first-order valence-electron chi connectivity index (χ1n) is 18.3. The predicted molar refractivity (Wildman–Crippen MR) is 207 cm³/mol. The van der Waals surface area contributed by atoms with Crippen LogP contribution in [0.4, 0.5) is 29.1 Å². The van der Waals surface area contributed by atoms with Gasteiger partial charge in [0.1, 0.15) is 34.2 Å². The summed E-state index contributed by atoms with van der Waals surface area (Å²) in [4.78, 5) is 58.6. The number of aromatic nitrogens is 6. The second-order valence-electron chi connectivity index (χ2n) is 13.4. The number of amides is 2. The summed E-state index contributed by atoms with van der Waals surface area (Å²) in [6.07, 6.45) is 7.71. The summed E-state index contributed by atoms with van der Waals surface area (Å²) in [6.45, 7) is 9.96. The summed E-state index contributed by atoms with van der Waals surface area (Å²) < 4.78 is 11.1. The Morgan fingerprint density at radius 2 is 1.20 bits per heavy atom. The third kappa shape index (κ3) is 9.23. The lowest BCUT2D eigenvalue weighted by molar-refractivity contribution is -0.118. The number of pyridine rings is 2. The predicted octanol–water partition coefficient (Wildman–Crippen LogP) is 3.85. The van der Waals surface area contributed by atoms with E-state index >= 15 is 0 Å². The molecule has 0 aromatic carbocycles. The Balaban J connectivity index is 0.000000189. The number of carbonyl (C=O) groups excluding carboxylic acids is 2. The monoisotopic (exact) mass is 758 g/mol. The van der Waals surface area contributed by atoms with E-state index in [1.165, 1.54) is 0 Å². The van der Waals surface area contributed by atoms with Crippen LogP contribution in [0.15, 0.2) is 36.7 Å². The van der Waals surface area contributed by atoms with E-state index in [1.54, 1.807) is 22.1 Å². The number of unbranched alkanes of at least 4 members (excludes halogenated alkanes) is 2. The normalized spacial score (nSPS) is 15.2. The molecule has 3 aliphatic rings. The zero-order chi connectivity index (χ0) is 38.2. The topological polar surface area (TPSA) is 195 Å². The first-order valence-corrected chi connectivity index (χ1v) is 18.7. The third-order valence-corrected chi connectivity index (χ3v) is 9.55. The van der Waals surface area contributed by atoms with E-state index in [0.717, 1.165) is 68.8 Å². The van der Waals surface area contributed by atoms with Gasteiger partial charge in [0.15, 0.2) is 0 Å². The summed E-state index contributed by atoms with van der Waals surface area (Å²) in [5.74, 6) is 2.50. The lowest BCUT2D eigenvalue weighted by Crippen LogP contribution is -2.44. The molecule has 4 N–H and O–H groups in total. The molecule has 4 aromatic heterocycles. The SMILES string of the molecule is CCCCOc1nc(N)c2c(n1)N(Cc1ccc(Cl)nc1)C(=O)C2.CCCCOc1nc(N)c2c(n1)N(Cc1ccc(N3CCN(C)CC3)nc1)C(=O)C2. The Kier molecular flexibility index (Phi) is 12.5. The van der Waals surface area contributed by atoms with Crippen molar-refractivity contribution in [3.8, 4) is 12.0 Å². The minimum atomic E-state index is -0.0772. The maximum absolute atomic E-state index is 12.6. The van der Waals surface area contributed by atoms with E-state index in [4.69, 9.17) is 32.5 Å². The Morgan fingerprint density at radius 1 is 0.704 bits per heavy atom. The maximum Gasteiger partial charge on any atom is 0.320 e. The van der Waals surface area contributed by atoms with Gasteiger partial charge in [0.2, 0.25) is 11.8 Å². The number of hydrogen-bond acceptors (Lipinski definition) is 14. The van der Waals surface area contributed by atoms with Gasteiger partial charge in [-0.3, -0.25) is 19.4 Å². The average Bonchev–Trinajstić information content (AvgIpc) is 3.65. The molecule has 0 radical (unpaired) electrons. The van der Waals surface area contributed by atoms with Crippen molar-refractivity contribution in [3.05, 3.63) is 64.1 Å². The Hall–Kier alpha value is -5.35. The van der Waals surface area contributed by atoms with Gasteiger partial charge in [0.05, 0.1) is 39.1 Å². The molecular weight excluding hydrogens is 712 g/mol. The van der Waals surface area contributed by atoms with E-state index < -0.39 is 0 Å². The first kappa shape index (κ1) is 38.4. The number of rotatable bonds is 13. The number of carbonyl (C=O) groups is 2. The smallest absolute Gasteiger partial charge is 0.320 e. The molecule has 7 rings (SSSR count). The van der Waals surface area contributed by atoms with Crippen LogP contribution in [0.5, 0.6) is 12.0 Å². The van der Waals surface area contributed by atoms with Crippen molar-refractivity contribution in [3.63, 3.8) is 0 Å². The fourth-order valence-electron chi connectivity index (χ4n) is 6.12. The molecule has 0 unspecified atom stereocenters. The fourth-order valence-corrected chi connectivity index (χ4v) is 6.23. The number of ether oxygens (including phenoxy) is 2. The van der Waals surface area contributed by atoms with Crippen molar-refractivity contribution < 1.29 is 19.1 Å². The molecule has 0 aliphatic carbocycles. The van der Waals surface area contributed by atoms with Gasteiger partial charge in [0.25, 0.3) is 0 Å². The molecule has 1 saturated heterocycles. The second-order valence-corrected chi connectivity index (χ2v) is 13.8. The van der Waals surface area contributed by atoms with Gasteiger partial charge in [-0.1, -0.05) is 50.4 Å². The zero-order valence-electron chi connectivity index (χ0n) is 31.0. The Labute approximate surface area is 319 Å². The number of nitrogens with two attached hydrogens (primary N) is 2. The van der Waals surface area contributed by atoms with Crippen LogP contribution in [-0.4, -0.2) is 93.1 Å². The summed E-state index contributed by atoms with van der Waals surface area (Å²) in [6, 6.07) is 7.98. The second kappa shape index (κ2) is 17.6. The Morgan fingerprint density at radius 3 is 1.65 bits per heavy atom. The highest BCUT2D eigenvalue weighted by Crippen LogP contribution is 2.34. The molecule has 16 nitrogen and oxygen atoms in total. The van der Waals surface area contributed by atoms with E-state index in [2.05, 4.69) is 60.6 Å². The van der Waals surface area contributed by atoms with Gasteiger partial charge in [-0.25, -0.2) is 9.97 Å². The van der Waals surface area contributed by atoms with E-state index in [-0.39, 0.29) is 42.5 Å². The molecule has 0 bridgehead atoms. The highest BCUT2D eigenvalue weighted by atomic mass is 35.5. The molecule has 54 heavy (non-hydrogen) atoms. The van der Waals surface area contributed by atoms with Crippen LogP contribution in [0.3, 0.4) is 0 Å². The lowest BCUT2D eigenvalue weighted by Gasteiger charge is -2.33. The number of nitrogens with zero attached hydrogens (tertiary/aromatic N) is 10. The van der Waals surface area contributed by atoms with Crippen molar-refractivity contribution in [1.82, 2.24) is 34.8 Å². The number of fused-ring (bicyclic) bond motifs is 2. The molecule has 2 amide bonds. The van der Waals surface area contributed by atoms with Crippen molar-refractivity contribution in [1.29, 1.82) is 0 Å². The summed E-state index contributed by atoms with van der Waals surface area (Å²) in [5.41, 5.74) is 15.2. The van der Waals surface area contributed by atoms with Gasteiger partial charge in [0, 0.05) is 49.7 Å². The van der Waals surface area contributed by atoms with Crippen LogP contribution in [0, 0.1) is 0 Å². The van der Waals surface area contributed by atoms with Crippen LogP contribution in [0.2, 0.25) is 5.15 Å². The molecule has 0 spiro atoms. The molecule has 286 valence electrons. The number of anilines is 5. The molecule has 0 atom stereocenters. The van der Waals surface area contributed by atoms with Crippen LogP contribution >= 0.6 is 11.6 Å². The summed E-state index contributed by atoms with van der Waals surface area (Å²) in [7, 11) is 2.13. The van der Waals surface area contributed by atoms with Crippen LogP contribution in [-0.2, 0) is 35.5 Å². The minimum absolute atomic E-state index is 0.0418. The minimum Gasteiger partial charge on any atom is -0.463 e. The third-order valence-electron chi connectivity index (χ3n) is 9.33. The number of likely N-dealkylation sites (N-methyl/N-ethyl adjacent to an activating group) is 1. The number of piperazine rings is 1. The largest absolute Gasteiger partial charge is 0.463 e. The first-order chi connectivity index (χ1) is 26.1. The molecule has 1 fully saturated rings. The average molecular weight is 759 g/mol. The van der Waals surface area contributed by atoms with Crippen molar-refractivity contribution >= 4 is 52.5 Å². The van der Waals surface area contributed by atoms with Gasteiger partial charge in [-0.15, -0.1) is 0 Å². The molecule has 0 saturated carbocycles. The van der Waals surface area contributed by atoms with Crippen molar-refractivity contribution in [2.24, 2.45) is 0 Å². The lowest BCUT2D eigenvalue weighted by atomic mass is 10.2. The van der Waals surface area contributed by atoms with Gasteiger partial charge in [-0.2, -0.15) is 19.9 Å². The molecular formula is C37H47ClN12O4. The van der Waals surface area contributed by atoms with Crippen LogP contribution in [0.25, 0.3) is 0 Å². The van der Waals surface area contributed by atoms with Crippen molar-refractivity contribution in [2.75, 3.05) is 72.6 Å². The maximum atomic E-state index is 12.6. The molecule has 4 aromatic rings. The van der Waals surface area contributed by atoms with E-state index in [9.17, 15) is 9.59 Å². The molecule has 17 heteroatoms. The zero-order valence-corrected chi connectivity index (χ0v) is 31.8. The van der Waals surface area contributed by atoms with Crippen LogP contribution < -0.4 is 35.6 Å². The summed E-state index contributed by atoms with van der Waals surface area (Å²) >= 11 is 5.79.